The van der Waals surface area contributed by atoms with Crippen molar-refractivity contribution in [1.29, 1.82) is 0 Å². The lowest BCUT2D eigenvalue weighted by atomic mass is 9.73. The van der Waals surface area contributed by atoms with E-state index in [-0.39, 0.29) is 35.0 Å². The lowest BCUT2D eigenvalue weighted by molar-refractivity contribution is -0.0855. The largest absolute Gasteiger partial charge is 0.381 e. The summed E-state index contributed by atoms with van der Waals surface area (Å²) in [6, 6.07) is 4.48. The highest BCUT2D eigenvalue weighted by molar-refractivity contribution is 14.0. The normalized spacial score (nSPS) is 21.9. The van der Waals surface area contributed by atoms with Crippen LogP contribution in [0.2, 0.25) is 0 Å². The van der Waals surface area contributed by atoms with Gasteiger partial charge in [-0.05, 0) is 24.3 Å². The van der Waals surface area contributed by atoms with Gasteiger partial charge >= 0.3 is 0 Å². The number of hydrogen-bond donors (Lipinski definition) is 2. The number of rotatable bonds is 6. The van der Waals surface area contributed by atoms with Gasteiger partial charge in [0.25, 0.3) is 0 Å². The Morgan fingerprint density at radius 3 is 2.44 bits per heavy atom. The zero-order valence-corrected chi connectivity index (χ0v) is 19.7. The minimum atomic E-state index is -0.147. The average molecular weight is 507 g/mol. The maximum atomic E-state index is 5.82. The number of methoxy groups -OCH3 is 1. The Morgan fingerprint density at radius 1 is 1.15 bits per heavy atom. The molecule has 0 radical (unpaired) electrons. The number of guanidine groups is 1. The molecule has 27 heavy (non-hydrogen) atoms. The minimum absolute atomic E-state index is 0. The van der Waals surface area contributed by atoms with E-state index >= 15 is 0 Å². The minimum Gasteiger partial charge on any atom is -0.381 e. The third-order valence-corrected chi connectivity index (χ3v) is 7.20. The van der Waals surface area contributed by atoms with Crippen molar-refractivity contribution < 1.29 is 9.47 Å². The van der Waals surface area contributed by atoms with E-state index in [0.29, 0.717) is 0 Å². The molecule has 2 heterocycles. The molecule has 0 bridgehead atoms. The van der Waals surface area contributed by atoms with Crippen LogP contribution in [0.15, 0.2) is 22.5 Å². The highest BCUT2D eigenvalue weighted by Crippen LogP contribution is 2.41. The fourth-order valence-electron chi connectivity index (χ4n) is 4.23. The highest BCUT2D eigenvalue weighted by atomic mass is 127. The summed E-state index contributed by atoms with van der Waals surface area (Å²) in [5.41, 5.74) is 0.105. The molecule has 1 aromatic heterocycles. The monoisotopic (exact) mass is 507 g/mol. The van der Waals surface area contributed by atoms with E-state index in [1.165, 1.54) is 37.0 Å². The first-order valence-corrected chi connectivity index (χ1v) is 10.7. The smallest absolute Gasteiger partial charge is 0.191 e. The molecule has 1 saturated heterocycles. The number of thiophene rings is 1. The Balaban J connectivity index is 0.00000261. The Labute approximate surface area is 184 Å². The van der Waals surface area contributed by atoms with Gasteiger partial charge in [-0.15, -0.1) is 35.3 Å². The standard InChI is InChI=1S/C20H33N3O2S.HI/c1-21-18(23-16-20(24-2)10-12-25-13-11-20)22-15-19(8-4-3-5-9-19)17-7-6-14-26-17;/h6-7,14H,3-5,8-13,15-16H2,1-2H3,(H2,21,22,23);1H. The van der Waals surface area contributed by atoms with Gasteiger partial charge in [0, 0.05) is 63.6 Å². The van der Waals surface area contributed by atoms with Crippen molar-refractivity contribution in [3.63, 3.8) is 0 Å². The second-order valence-corrected chi connectivity index (χ2v) is 8.54. The van der Waals surface area contributed by atoms with Gasteiger partial charge in [-0.25, -0.2) is 0 Å². The summed E-state index contributed by atoms with van der Waals surface area (Å²) in [6.45, 7) is 3.24. The average Bonchev–Trinajstić information content (AvgIpc) is 3.25. The molecule has 1 aromatic rings. The first kappa shape index (κ1) is 22.9. The predicted octanol–water partition coefficient (Wildman–Crippen LogP) is 3.93. The molecule has 1 saturated carbocycles. The molecule has 2 N–H and O–H groups in total. The van der Waals surface area contributed by atoms with Crippen LogP contribution in [0.25, 0.3) is 0 Å². The number of ether oxygens (including phenoxy) is 2. The third kappa shape index (κ3) is 5.81. The van der Waals surface area contributed by atoms with Crippen LogP contribution in [0.4, 0.5) is 0 Å². The Bertz CT molecular complexity index is 568. The fourth-order valence-corrected chi connectivity index (χ4v) is 5.22. The van der Waals surface area contributed by atoms with Crippen molar-refractivity contribution in [2.24, 2.45) is 4.99 Å². The van der Waals surface area contributed by atoms with Crippen LogP contribution in [-0.4, -0.2) is 52.0 Å². The molecule has 3 rings (SSSR count). The van der Waals surface area contributed by atoms with Crippen LogP contribution in [0.1, 0.15) is 49.8 Å². The first-order valence-electron chi connectivity index (χ1n) is 9.83. The van der Waals surface area contributed by atoms with E-state index < -0.39 is 0 Å². The van der Waals surface area contributed by atoms with E-state index in [4.69, 9.17) is 9.47 Å². The summed E-state index contributed by atoms with van der Waals surface area (Å²) in [5.74, 6) is 0.870. The fraction of sp³-hybridized carbons (Fsp3) is 0.750. The SMILES string of the molecule is CN=C(NCC1(OC)CCOCC1)NCC1(c2cccs2)CCCCC1.I. The summed E-state index contributed by atoms with van der Waals surface area (Å²) in [4.78, 5) is 5.96. The molecule has 5 nitrogen and oxygen atoms in total. The van der Waals surface area contributed by atoms with Gasteiger partial charge in [0.2, 0.25) is 0 Å². The molecular weight excluding hydrogens is 473 g/mol. The van der Waals surface area contributed by atoms with Crippen LogP contribution in [-0.2, 0) is 14.9 Å². The second-order valence-electron chi connectivity index (χ2n) is 7.60. The van der Waals surface area contributed by atoms with Gasteiger partial charge in [0.05, 0.1) is 5.60 Å². The molecule has 0 spiro atoms. The number of nitrogens with zero attached hydrogens (tertiary/aromatic N) is 1. The van der Waals surface area contributed by atoms with E-state index in [2.05, 4.69) is 33.1 Å². The maximum absolute atomic E-state index is 5.82. The van der Waals surface area contributed by atoms with Crippen LogP contribution >= 0.6 is 35.3 Å². The second kappa shape index (κ2) is 11.0. The Morgan fingerprint density at radius 2 is 1.85 bits per heavy atom. The summed E-state index contributed by atoms with van der Waals surface area (Å²) >= 11 is 1.89. The first-order chi connectivity index (χ1) is 12.7. The van der Waals surface area contributed by atoms with Gasteiger partial charge in [-0.2, -0.15) is 0 Å². The third-order valence-electron chi connectivity index (χ3n) is 6.09. The Hall–Kier alpha value is -0.380. The van der Waals surface area contributed by atoms with E-state index in [1.807, 2.05) is 18.4 Å². The van der Waals surface area contributed by atoms with Crippen molar-refractivity contribution in [3.8, 4) is 0 Å². The zero-order chi connectivity index (χ0) is 18.3. The molecule has 0 amide bonds. The molecule has 0 aromatic carbocycles. The summed E-state index contributed by atoms with van der Waals surface area (Å²) in [6.07, 6.45) is 8.36. The van der Waals surface area contributed by atoms with E-state index in [9.17, 15) is 0 Å². The summed E-state index contributed by atoms with van der Waals surface area (Å²) in [7, 11) is 3.65. The lowest BCUT2D eigenvalue weighted by Gasteiger charge is -2.38. The summed E-state index contributed by atoms with van der Waals surface area (Å²) in [5, 5.41) is 9.30. The molecule has 0 unspecified atom stereocenters. The van der Waals surface area contributed by atoms with Crippen molar-refractivity contribution in [1.82, 2.24) is 10.6 Å². The lowest BCUT2D eigenvalue weighted by Crippen LogP contribution is -2.52. The molecular formula is C20H34IN3O2S. The molecule has 1 aliphatic carbocycles. The van der Waals surface area contributed by atoms with Crippen molar-refractivity contribution in [2.75, 3.05) is 40.5 Å². The Kier molecular flexibility index (Phi) is 9.31. The number of hydrogen-bond acceptors (Lipinski definition) is 4. The topological polar surface area (TPSA) is 54.9 Å². The van der Waals surface area contributed by atoms with Crippen LogP contribution in [0, 0.1) is 0 Å². The number of aliphatic imine (C=N–C) groups is 1. The molecule has 2 fully saturated rings. The van der Waals surface area contributed by atoms with E-state index in [0.717, 1.165) is 45.1 Å². The molecule has 154 valence electrons. The van der Waals surface area contributed by atoms with E-state index in [1.54, 1.807) is 7.11 Å². The molecule has 7 heteroatoms. The molecule has 0 atom stereocenters. The van der Waals surface area contributed by atoms with Gasteiger partial charge in [-0.3, -0.25) is 4.99 Å². The molecule has 1 aliphatic heterocycles. The molecule has 2 aliphatic rings. The number of nitrogens with one attached hydrogen (secondary N) is 2. The van der Waals surface area contributed by atoms with Gasteiger partial charge in [-0.1, -0.05) is 25.3 Å². The van der Waals surface area contributed by atoms with Crippen molar-refractivity contribution in [2.45, 2.75) is 56.0 Å². The van der Waals surface area contributed by atoms with Crippen LogP contribution in [0.5, 0.6) is 0 Å². The van der Waals surface area contributed by atoms with Gasteiger partial charge in [0.1, 0.15) is 0 Å². The van der Waals surface area contributed by atoms with Crippen LogP contribution in [0.3, 0.4) is 0 Å². The van der Waals surface area contributed by atoms with Crippen molar-refractivity contribution >= 4 is 41.3 Å². The maximum Gasteiger partial charge on any atom is 0.191 e. The van der Waals surface area contributed by atoms with Crippen molar-refractivity contribution in [3.05, 3.63) is 22.4 Å². The van der Waals surface area contributed by atoms with Gasteiger partial charge in [0.15, 0.2) is 5.96 Å². The predicted molar refractivity (Wildman–Crippen MR) is 124 cm³/mol. The zero-order valence-electron chi connectivity index (χ0n) is 16.6. The van der Waals surface area contributed by atoms with Crippen LogP contribution < -0.4 is 10.6 Å². The quantitative estimate of drug-likeness (QED) is 0.348. The summed E-state index contributed by atoms with van der Waals surface area (Å²) < 4.78 is 11.3. The van der Waals surface area contributed by atoms with Gasteiger partial charge < -0.3 is 20.1 Å². The highest BCUT2D eigenvalue weighted by Gasteiger charge is 2.36. The number of halogens is 1.